The Bertz CT molecular complexity index is 405. The molecule has 3 rings (SSSR count). The summed E-state index contributed by atoms with van der Waals surface area (Å²) in [4.78, 5) is 2.75. The molecule has 0 bridgehead atoms. The Morgan fingerprint density at radius 3 is 2.00 bits per heavy atom. The van der Waals surface area contributed by atoms with E-state index < -0.39 is 0 Å². The van der Waals surface area contributed by atoms with Crippen LogP contribution in [0.5, 0.6) is 0 Å². The van der Waals surface area contributed by atoms with Crippen LogP contribution in [0.3, 0.4) is 0 Å². The smallest absolute Gasteiger partial charge is 0.219 e. The van der Waals surface area contributed by atoms with E-state index in [-0.39, 0.29) is 0 Å². The molecule has 1 heterocycles. The zero-order valence-electron chi connectivity index (χ0n) is 12.8. The molecule has 3 N–H and O–H groups in total. The van der Waals surface area contributed by atoms with Gasteiger partial charge in [-0.25, -0.2) is 5.84 Å². The Labute approximate surface area is 131 Å². The van der Waals surface area contributed by atoms with Gasteiger partial charge in [-0.1, -0.05) is 49.9 Å². The summed E-state index contributed by atoms with van der Waals surface area (Å²) < 4.78 is 0. The lowest BCUT2D eigenvalue weighted by molar-refractivity contribution is 0.0728. The maximum atomic E-state index is 5.42. The highest BCUT2D eigenvalue weighted by molar-refractivity contribution is 7.15. The third kappa shape index (κ3) is 3.93. The first-order valence-corrected chi connectivity index (χ1v) is 9.23. The Morgan fingerprint density at radius 2 is 1.52 bits per heavy atom. The molecule has 0 aliphatic heterocycles. The van der Waals surface area contributed by atoms with Crippen molar-refractivity contribution < 1.29 is 0 Å². The van der Waals surface area contributed by atoms with E-state index >= 15 is 0 Å². The fourth-order valence-electron chi connectivity index (χ4n) is 3.91. The Morgan fingerprint density at radius 1 is 0.952 bits per heavy atom. The van der Waals surface area contributed by atoms with Crippen LogP contribution in [0.25, 0.3) is 0 Å². The molecule has 21 heavy (non-hydrogen) atoms. The molecular formula is C15H27N5S. The molecule has 2 saturated carbocycles. The number of hydrazine groups is 1. The van der Waals surface area contributed by atoms with Crippen molar-refractivity contribution in [1.82, 2.24) is 15.1 Å². The highest BCUT2D eigenvalue weighted by Crippen LogP contribution is 2.32. The summed E-state index contributed by atoms with van der Waals surface area (Å²) >= 11 is 1.59. The van der Waals surface area contributed by atoms with Crippen LogP contribution in [-0.2, 0) is 6.54 Å². The number of hydrogen-bond donors (Lipinski definition) is 2. The van der Waals surface area contributed by atoms with Crippen LogP contribution in [0.4, 0.5) is 5.13 Å². The van der Waals surface area contributed by atoms with E-state index in [9.17, 15) is 0 Å². The summed E-state index contributed by atoms with van der Waals surface area (Å²) in [5, 5.41) is 10.2. The molecule has 0 radical (unpaired) electrons. The Hall–Kier alpha value is -0.720. The highest BCUT2D eigenvalue weighted by atomic mass is 32.1. The van der Waals surface area contributed by atoms with Crippen molar-refractivity contribution in [3.8, 4) is 0 Å². The van der Waals surface area contributed by atoms with Crippen LogP contribution in [-0.4, -0.2) is 27.2 Å². The molecule has 0 amide bonds. The second-order valence-electron chi connectivity index (χ2n) is 6.40. The van der Waals surface area contributed by atoms with Crippen molar-refractivity contribution in [2.24, 2.45) is 5.84 Å². The first-order chi connectivity index (χ1) is 10.4. The van der Waals surface area contributed by atoms with Gasteiger partial charge in [-0.2, -0.15) is 0 Å². The van der Waals surface area contributed by atoms with E-state index in [0.717, 1.165) is 28.8 Å². The molecular weight excluding hydrogens is 282 g/mol. The van der Waals surface area contributed by atoms with Gasteiger partial charge in [0.2, 0.25) is 5.13 Å². The van der Waals surface area contributed by atoms with Crippen molar-refractivity contribution in [1.29, 1.82) is 0 Å². The molecule has 2 aliphatic carbocycles. The summed E-state index contributed by atoms with van der Waals surface area (Å²) in [6.45, 7) is 0.953. The third-order valence-electron chi connectivity index (χ3n) is 5.00. The van der Waals surface area contributed by atoms with Crippen LogP contribution >= 0.6 is 11.3 Å². The minimum Gasteiger partial charge on any atom is -0.298 e. The first kappa shape index (κ1) is 15.2. The fraction of sp³-hybridized carbons (Fsp3) is 0.867. The van der Waals surface area contributed by atoms with Crippen LogP contribution in [0.15, 0.2) is 0 Å². The van der Waals surface area contributed by atoms with Crippen molar-refractivity contribution in [2.75, 3.05) is 5.43 Å². The second kappa shape index (κ2) is 7.51. The van der Waals surface area contributed by atoms with Crippen molar-refractivity contribution in [3.63, 3.8) is 0 Å². The summed E-state index contributed by atoms with van der Waals surface area (Å²) in [5.41, 5.74) is 2.61. The van der Waals surface area contributed by atoms with Gasteiger partial charge in [0.15, 0.2) is 0 Å². The average Bonchev–Trinajstić information content (AvgIpc) is 3.02. The third-order valence-corrected chi connectivity index (χ3v) is 5.83. The van der Waals surface area contributed by atoms with E-state index in [1.807, 2.05) is 0 Å². The molecule has 0 atom stereocenters. The topological polar surface area (TPSA) is 67.1 Å². The highest BCUT2D eigenvalue weighted by Gasteiger charge is 2.29. The minimum absolute atomic E-state index is 0.720. The van der Waals surface area contributed by atoms with Crippen molar-refractivity contribution in [2.45, 2.75) is 82.8 Å². The summed E-state index contributed by atoms with van der Waals surface area (Å²) in [6, 6.07) is 1.50. The number of rotatable bonds is 5. The lowest BCUT2D eigenvalue weighted by atomic mass is 9.88. The van der Waals surface area contributed by atoms with Crippen molar-refractivity contribution in [3.05, 3.63) is 5.01 Å². The Balaban J connectivity index is 1.70. The molecule has 6 heteroatoms. The zero-order valence-corrected chi connectivity index (χ0v) is 13.6. The molecule has 2 aliphatic rings. The summed E-state index contributed by atoms with van der Waals surface area (Å²) in [5.74, 6) is 5.42. The molecule has 0 spiro atoms. The maximum absolute atomic E-state index is 5.42. The standard InChI is InChI=1S/C15H27N5S/c16-17-15-19-18-14(21-15)11-20(12-7-3-1-4-8-12)13-9-5-2-6-10-13/h12-13H,1-11,16H2,(H,17,19). The molecule has 0 aromatic carbocycles. The first-order valence-electron chi connectivity index (χ1n) is 8.41. The maximum Gasteiger partial charge on any atom is 0.219 e. The predicted octanol–water partition coefficient (Wildman–Crippen LogP) is 3.29. The fourth-order valence-corrected chi connectivity index (χ4v) is 4.57. The number of hydrogen-bond acceptors (Lipinski definition) is 6. The molecule has 0 saturated heterocycles. The normalized spacial score (nSPS) is 21.8. The average molecular weight is 309 g/mol. The summed E-state index contributed by atoms with van der Waals surface area (Å²) in [6.07, 6.45) is 13.8. The number of nitrogens with zero attached hydrogens (tertiary/aromatic N) is 3. The van der Waals surface area contributed by atoms with E-state index in [0.29, 0.717) is 0 Å². The molecule has 118 valence electrons. The Kier molecular flexibility index (Phi) is 5.43. The van der Waals surface area contributed by atoms with Crippen molar-refractivity contribution >= 4 is 16.5 Å². The minimum atomic E-state index is 0.720. The molecule has 0 unspecified atom stereocenters. The molecule has 1 aromatic rings. The predicted molar refractivity (Wildman–Crippen MR) is 87.0 cm³/mol. The monoisotopic (exact) mass is 309 g/mol. The molecule has 5 nitrogen and oxygen atoms in total. The van der Waals surface area contributed by atoms with E-state index in [1.54, 1.807) is 11.3 Å². The van der Waals surface area contributed by atoms with Gasteiger partial charge >= 0.3 is 0 Å². The van der Waals surface area contributed by atoms with Crippen LogP contribution in [0, 0.1) is 0 Å². The number of nitrogens with two attached hydrogens (primary N) is 1. The van der Waals surface area contributed by atoms with E-state index in [2.05, 4.69) is 20.5 Å². The van der Waals surface area contributed by atoms with Gasteiger partial charge in [0.25, 0.3) is 0 Å². The van der Waals surface area contributed by atoms with Gasteiger partial charge in [0.05, 0.1) is 6.54 Å². The van der Waals surface area contributed by atoms with Gasteiger partial charge in [-0.3, -0.25) is 10.3 Å². The molecule has 1 aromatic heterocycles. The number of aromatic nitrogens is 2. The van der Waals surface area contributed by atoms with Gasteiger partial charge < -0.3 is 0 Å². The summed E-state index contributed by atoms with van der Waals surface area (Å²) in [7, 11) is 0. The van der Waals surface area contributed by atoms with Crippen LogP contribution < -0.4 is 11.3 Å². The molecule has 2 fully saturated rings. The lowest BCUT2D eigenvalue weighted by Gasteiger charge is -2.41. The van der Waals surface area contributed by atoms with Gasteiger partial charge in [-0.05, 0) is 25.7 Å². The van der Waals surface area contributed by atoms with Gasteiger partial charge in [0.1, 0.15) is 5.01 Å². The largest absolute Gasteiger partial charge is 0.298 e. The van der Waals surface area contributed by atoms with Gasteiger partial charge in [-0.15, -0.1) is 10.2 Å². The second-order valence-corrected chi connectivity index (χ2v) is 7.46. The van der Waals surface area contributed by atoms with Crippen LogP contribution in [0.2, 0.25) is 0 Å². The van der Waals surface area contributed by atoms with Gasteiger partial charge in [0, 0.05) is 12.1 Å². The van der Waals surface area contributed by atoms with Crippen LogP contribution in [0.1, 0.15) is 69.2 Å². The quantitative estimate of drug-likeness (QED) is 0.645. The van der Waals surface area contributed by atoms with E-state index in [1.165, 1.54) is 64.2 Å². The zero-order chi connectivity index (χ0) is 14.5. The number of nitrogen functional groups attached to an aromatic ring is 1. The number of anilines is 1. The SMILES string of the molecule is NNc1nnc(CN(C2CCCCC2)C2CCCCC2)s1. The number of nitrogens with one attached hydrogen (secondary N) is 1. The van der Waals surface area contributed by atoms with E-state index in [4.69, 9.17) is 5.84 Å². The lowest BCUT2D eigenvalue weighted by Crippen LogP contribution is -2.44.